The Hall–Kier alpha value is -3.64. The van der Waals surface area contributed by atoms with Gasteiger partial charge in [-0.25, -0.2) is 0 Å². The van der Waals surface area contributed by atoms with Gasteiger partial charge in [-0.05, 0) is 37.7 Å². The Bertz CT molecular complexity index is 1220. The van der Waals surface area contributed by atoms with Gasteiger partial charge in [-0.15, -0.1) is 0 Å². The van der Waals surface area contributed by atoms with Crippen LogP contribution in [0.2, 0.25) is 0 Å². The van der Waals surface area contributed by atoms with Gasteiger partial charge in [0.2, 0.25) is 0 Å². The Kier molecular flexibility index (Phi) is 6.75. The molecular weight excluding hydrogens is 432 g/mol. The molecule has 0 saturated carbocycles. The number of ketones is 1. The maximum Gasteiger partial charge on any atom is 0.193 e. The highest BCUT2D eigenvalue weighted by Gasteiger charge is 2.33. The number of rotatable bonds is 7. The molecule has 33 heavy (non-hydrogen) atoms. The first-order chi connectivity index (χ1) is 16.0. The Balaban J connectivity index is 1.76. The maximum absolute atomic E-state index is 13.5. The summed E-state index contributed by atoms with van der Waals surface area (Å²) in [6.45, 7) is 4.28. The van der Waals surface area contributed by atoms with Gasteiger partial charge in [-0.3, -0.25) is 4.79 Å². The maximum atomic E-state index is 13.5. The van der Waals surface area contributed by atoms with Crippen LogP contribution in [0.5, 0.6) is 11.5 Å². The molecule has 3 aromatic carbocycles. The van der Waals surface area contributed by atoms with Gasteiger partial charge in [0, 0.05) is 22.4 Å². The van der Waals surface area contributed by atoms with E-state index in [1.54, 1.807) is 7.11 Å². The normalized spacial score (nSPS) is 15.5. The number of hydrogen-bond acceptors (Lipinski definition) is 4. The van der Waals surface area contributed by atoms with Gasteiger partial charge in [0.25, 0.3) is 0 Å². The molecule has 1 heterocycles. The third kappa shape index (κ3) is 4.91. The Morgan fingerprint density at radius 2 is 1.76 bits per heavy atom. The lowest BCUT2D eigenvalue weighted by Crippen LogP contribution is -2.45. The summed E-state index contributed by atoms with van der Waals surface area (Å²) in [6.07, 6.45) is 0. The van der Waals surface area contributed by atoms with Crippen LogP contribution in [0, 0.1) is 6.92 Å². The van der Waals surface area contributed by atoms with Crippen molar-refractivity contribution in [2.24, 2.45) is 0 Å². The number of benzene rings is 3. The van der Waals surface area contributed by atoms with E-state index in [4.69, 9.17) is 21.7 Å². The van der Waals surface area contributed by atoms with E-state index in [1.165, 1.54) is 0 Å². The van der Waals surface area contributed by atoms with Gasteiger partial charge in [0.1, 0.15) is 6.61 Å². The molecule has 0 aromatic heterocycles. The highest BCUT2D eigenvalue weighted by molar-refractivity contribution is 7.80. The lowest BCUT2D eigenvalue weighted by molar-refractivity contribution is 0.102. The van der Waals surface area contributed by atoms with E-state index >= 15 is 0 Å². The van der Waals surface area contributed by atoms with E-state index in [0.29, 0.717) is 40.1 Å². The number of carbonyl (C=O) groups excluding carboxylic acids is 1. The largest absolute Gasteiger partial charge is 0.493 e. The van der Waals surface area contributed by atoms with E-state index in [1.807, 2.05) is 80.6 Å². The van der Waals surface area contributed by atoms with Crippen molar-refractivity contribution in [3.05, 3.63) is 106 Å². The first-order valence-electron chi connectivity index (χ1n) is 10.7. The van der Waals surface area contributed by atoms with Crippen LogP contribution < -0.4 is 20.1 Å². The van der Waals surface area contributed by atoms with Gasteiger partial charge >= 0.3 is 0 Å². The molecule has 0 spiro atoms. The van der Waals surface area contributed by atoms with Crippen LogP contribution >= 0.6 is 12.2 Å². The number of carbonyl (C=O) groups is 1. The van der Waals surface area contributed by atoms with Crippen molar-refractivity contribution >= 4 is 23.1 Å². The molecule has 0 fully saturated rings. The van der Waals surface area contributed by atoms with Crippen molar-refractivity contribution in [3.8, 4) is 11.5 Å². The lowest BCUT2D eigenvalue weighted by Gasteiger charge is -2.31. The highest BCUT2D eigenvalue weighted by Crippen LogP contribution is 2.40. The van der Waals surface area contributed by atoms with E-state index in [-0.39, 0.29) is 5.78 Å². The van der Waals surface area contributed by atoms with Crippen molar-refractivity contribution in [1.29, 1.82) is 0 Å². The molecule has 6 heteroatoms. The second-order valence-corrected chi connectivity index (χ2v) is 8.33. The number of thiocarbonyl (C=S) groups is 1. The predicted octanol–water partition coefficient (Wildman–Crippen LogP) is 5.26. The second kappa shape index (κ2) is 9.88. The highest BCUT2D eigenvalue weighted by atomic mass is 32.1. The van der Waals surface area contributed by atoms with Crippen LogP contribution in [-0.4, -0.2) is 18.0 Å². The smallest absolute Gasteiger partial charge is 0.193 e. The van der Waals surface area contributed by atoms with Gasteiger partial charge in [0.15, 0.2) is 22.4 Å². The van der Waals surface area contributed by atoms with Crippen molar-refractivity contribution in [3.63, 3.8) is 0 Å². The standard InChI is InChI=1S/C27H26N2O3S/c1-17-9-7-10-19(15-17)16-32-26-21(13-8-14-22(26)31-3)24-23(18(2)28-27(33)29-24)25(30)20-11-5-4-6-12-20/h4-15,24H,16H2,1-3H3,(H2,28,29,33). The van der Waals surface area contributed by atoms with Gasteiger partial charge in [-0.2, -0.15) is 0 Å². The number of allylic oxidation sites excluding steroid dienone is 1. The van der Waals surface area contributed by atoms with Crippen molar-refractivity contribution in [2.45, 2.75) is 26.5 Å². The predicted molar refractivity (Wildman–Crippen MR) is 134 cm³/mol. The number of Topliss-reactive ketones (excluding diaryl/α,β-unsaturated/α-hetero) is 1. The third-order valence-corrected chi connectivity index (χ3v) is 5.78. The summed E-state index contributed by atoms with van der Waals surface area (Å²) < 4.78 is 11.9. The Labute approximate surface area is 199 Å². The number of hydrogen-bond donors (Lipinski definition) is 2. The minimum Gasteiger partial charge on any atom is -0.493 e. The Morgan fingerprint density at radius 1 is 1.00 bits per heavy atom. The fraction of sp³-hybridized carbons (Fsp3) is 0.185. The van der Waals surface area contributed by atoms with Crippen LogP contribution in [0.3, 0.4) is 0 Å². The number of para-hydroxylation sites is 1. The molecule has 168 valence electrons. The molecular formula is C27H26N2O3S. The van der Waals surface area contributed by atoms with Gasteiger partial charge < -0.3 is 20.1 Å². The zero-order valence-corrected chi connectivity index (χ0v) is 19.7. The van der Waals surface area contributed by atoms with E-state index < -0.39 is 6.04 Å². The van der Waals surface area contributed by atoms with Crippen molar-refractivity contribution in [2.75, 3.05) is 7.11 Å². The third-order valence-electron chi connectivity index (χ3n) is 5.56. The lowest BCUT2D eigenvalue weighted by atomic mass is 9.89. The number of methoxy groups -OCH3 is 1. The van der Waals surface area contributed by atoms with E-state index in [0.717, 1.165) is 16.7 Å². The zero-order chi connectivity index (χ0) is 23.4. The Morgan fingerprint density at radius 3 is 2.48 bits per heavy atom. The van der Waals surface area contributed by atoms with Crippen LogP contribution in [-0.2, 0) is 6.61 Å². The molecule has 0 amide bonds. The molecule has 0 radical (unpaired) electrons. The summed E-state index contributed by atoms with van der Waals surface area (Å²) in [5.41, 5.74) is 4.90. The molecule has 1 atom stereocenters. The van der Waals surface area contributed by atoms with Crippen molar-refractivity contribution < 1.29 is 14.3 Å². The first kappa shape index (κ1) is 22.6. The van der Waals surface area contributed by atoms with Gasteiger partial charge in [0.05, 0.1) is 13.2 Å². The molecule has 0 saturated heterocycles. The SMILES string of the molecule is COc1cccc(C2NC(=S)NC(C)=C2C(=O)c2ccccc2)c1OCc1cccc(C)c1. The van der Waals surface area contributed by atoms with Crippen LogP contribution in [0.25, 0.3) is 0 Å². The summed E-state index contributed by atoms with van der Waals surface area (Å²) in [5, 5.41) is 6.82. The van der Waals surface area contributed by atoms with E-state index in [9.17, 15) is 4.79 Å². The molecule has 0 aliphatic carbocycles. The molecule has 0 bridgehead atoms. The molecule has 2 N–H and O–H groups in total. The van der Waals surface area contributed by atoms with Gasteiger partial charge in [-0.1, -0.05) is 72.3 Å². The number of nitrogens with one attached hydrogen (secondary N) is 2. The summed E-state index contributed by atoms with van der Waals surface area (Å²) >= 11 is 5.44. The summed E-state index contributed by atoms with van der Waals surface area (Å²) in [6, 6.07) is 22.6. The fourth-order valence-corrected chi connectivity index (χ4v) is 4.28. The molecule has 1 aliphatic heterocycles. The number of aryl methyl sites for hydroxylation is 1. The van der Waals surface area contributed by atoms with Crippen LogP contribution in [0.4, 0.5) is 0 Å². The quantitative estimate of drug-likeness (QED) is 0.372. The van der Waals surface area contributed by atoms with E-state index in [2.05, 4.69) is 16.7 Å². The van der Waals surface area contributed by atoms with Crippen LogP contribution in [0.15, 0.2) is 84.1 Å². The topological polar surface area (TPSA) is 59.6 Å². The van der Waals surface area contributed by atoms with Crippen LogP contribution in [0.1, 0.15) is 40.0 Å². The fourth-order valence-electron chi connectivity index (χ4n) is 4.01. The molecule has 3 aromatic rings. The first-order valence-corrected chi connectivity index (χ1v) is 11.1. The summed E-state index contributed by atoms with van der Waals surface area (Å²) in [7, 11) is 1.61. The average molecular weight is 459 g/mol. The molecule has 4 rings (SSSR count). The zero-order valence-electron chi connectivity index (χ0n) is 18.8. The number of ether oxygens (including phenoxy) is 2. The molecule has 5 nitrogen and oxygen atoms in total. The summed E-state index contributed by atoms with van der Waals surface area (Å²) in [4.78, 5) is 13.5. The monoisotopic (exact) mass is 458 g/mol. The minimum atomic E-state index is -0.492. The van der Waals surface area contributed by atoms with Crippen molar-refractivity contribution in [1.82, 2.24) is 10.6 Å². The summed E-state index contributed by atoms with van der Waals surface area (Å²) in [5.74, 6) is 1.10. The molecule has 1 aliphatic rings. The minimum absolute atomic E-state index is 0.0759. The average Bonchev–Trinajstić information content (AvgIpc) is 2.82. The second-order valence-electron chi connectivity index (χ2n) is 7.92. The molecule has 1 unspecified atom stereocenters.